The van der Waals surface area contributed by atoms with Crippen molar-refractivity contribution in [2.24, 2.45) is 5.92 Å². The summed E-state index contributed by atoms with van der Waals surface area (Å²) in [6, 6.07) is 0. The molecule has 11 heavy (non-hydrogen) atoms. The molecular weight excluding hydrogens is 148 g/mol. The highest BCUT2D eigenvalue weighted by Gasteiger charge is 2.23. The number of aliphatic hydroxyl groups excluding tert-OH is 1. The Morgan fingerprint density at radius 2 is 2.18 bits per heavy atom. The Labute approximate surface area is 64.8 Å². The standard InChI is InChI=1S/C7H12O4/c1-2-5(7(10)11)6(9)3-4-8/h4-6,9H,2-3H2,1H3,(H,10,11). The van der Waals surface area contributed by atoms with Crippen LogP contribution in [-0.2, 0) is 9.59 Å². The molecule has 0 aliphatic heterocycles. The molecule has 0 fully saturated rings. The fourth-order valence-electron chi connectivity index (χ4n) is 0.874. The Bertz CT molecular complexity index is 143. The fourth-order valence-corrected chi connectivity index (χ4v) is 0.874. The van der Waals surface area contributed by atoms with Gasteiger partial charge >= 0.3 is 5.97 Å². The van der Waals surface area contributed by atoms with Crippen molar-refractivity contribution in [1.82, 2.24) is 0 Å². The predicted octanol–water partition coefficient (Wildman–Crippen LogP) is 0.0471. The van der Waals surface area contributed by atoms with Gasteiger partial charge in [0.2, 0.25) is 0 Å². The van der Waals surface area contributed by atoms with E-state index in [0.717, 1.165) is 0 Å². The second-order valence-electron chi connectivity index (χ2n) is 2.32. The Kier molecular flexibility index (Phi) is 4.45. The largest absolute Gasteiger partial charge is 0.481 e. The van der Waals surface area contributed by atoms with Crippen molar-refractivity contribution in [3.8, 4) is 0 Å². The Balaban J connectivity index is 4.01. The quantitative estimate of drug-likeness (QED) is 0.557. The lowest BCUT2D eigenvalue weighted by molar-refractivity contribution is -0.146. The van der Waals surface area contributed by atoms with Crippen molar-refractivity contribution >= 4 is 12.3 Å². The normalized spacial score (nSPS) is 15.5. The number of hydrogen-bond donors (Lipinski definition) is 2. The molecule has 0 aromatic rings. The Hall–Kier alpha value is -0.900. The van der Waals surface area contributed by atoms with Crippen LogP contribution in [-0.4, -0.2) is 28.6 Å². The van der Waals surface area contributed by atoms with Crippen LogP contribution < -0.4 is 0 Å². The predicted molar refractivity (Wildman–Crippen MR) is 38.1 cm³/mol. The Morgan fingerprint density at radius 3 is 2.45 bits per heavy atom. The number of rotatable bonds is 5. The van der Waals surface area contributed by atoms with Gasteiger partial charge in [-0.3, -0.25) is 4.79 Å². The van der Waals surface area contributed by atoms with Crippen molar-refractivity contribution in [1.29, 1.82) is 0 Å². The molecule has 0 amide bonds. The molecule has 0 bridgehead atoms. The van der Waals surface area contributed by atoms with Gasteiger partial charge in [-0.25, -0.2) is 0 Å². The van der Waals surface area contributed by atoms with E-state index in [-0.39, 0.29) is 6.42 Å². The Morgan fingerprint density at radius 1 is 1.64 bits per heavy atom. The molecule has 0 aliphatic carbocycles. The zero-order chi connectivity index (χ0) is 8.85. The minimum absolute atomic E-state index is 0.106. The second-order valence-corrected chi connectivity index (χ2v) is 2.32. The molecule has 0 radical (unpaired) electrons. The first-order valence-electron chi connectivity index (χ1n) is 3.48. The molecule has 2 atom stereocenters. The zero-order valence-electron chi connectivity index (χ0n) is 6.36. The van der Waals surface area contributed by atoms with Gasteiger partial charge in [0.25, 0.3) is 0 Å². The summed E-state index contributed by atoms with van der Waals surface area (Å²) in [6.07, 6.45) is -0.291. The van der Waals surface area contributed by atoms with E-state index in [9.17, 15) is 9.59 Å². The van der Waals surface area contributed by atoms with Crippen LogP contribution in [0.4, 0.5) is 0 Å². The topological polar surface area (TPSA) is 74.6 Å². The van der Waals surface area contributed by atoms with E-state index in [0.29, 0.717) is 12.7 Å². The maximum Gasteiger partial charge on any atom is 0.309 e. The molecule has 0 aromatic heterocycles. The van der Waals surface area contributed by atoms with Gasteiger partial charge in [0.15, 0.2) is 0 Å². The van der Waals surface area contributed by atoms with Gasteiger partial charge in [0.1, 0.15) is 6.29 Å². The third-order valence-corrected chi connectivity index (χ3v) is 1.56. The van der Waals surface area contributed by atoms with Crippen molar-refractivity contribution < 1.29 is 19.8 Å². The number of carbonyl (C=O) groups excluding carboxylic acids is 1. The van der Waals surface area contributed by atoms with Crippen molar-refractivity contribution in [3.05, 3.63) is 0 Å². The van der Waals surface area contributed by atoms with Crippen LogP contribution in [0.15, 0.2) is 0 Å². The van der Waals surface area contributed by atoms with Gasteiger partial charge in [-0.1, -0.05) is 6.92 Å². The number of carboxylic acids is 1. The summed E-state index contributed by atoms with van der Waals surface area (Å²) in [5.41, 5.74) is 0. The molecule has 0 heterocycles. The van der Waals surface area contributed by atoms with E-state index in [1.807, 2.05) is 0 Å². The third-order valence-electron chi connectivity index (χ3n) is 1.56. The fraction of sp³-hybridized carbons (Fsp3) is 0.714. The van der Waals surface area contributed by atoms with Gasteiger partial charge in [0.05, 0.1) is 12.0 Å². The number of aliphatic carboxylic acids is 1. The second kappa shape index (κ2) is 4.85. The molecule has 0 rings (SSSR count). The van der Waals surface area contributed by atoms with Crippen LogP contribution in [0.1, 0.15) is 19.8 Å². The maximum absolute atomic E-state index is 10.4. The van der Waals surface area contributed by atoms with E-state index >= 15 is 0 Å². The van der Waals surface area contributed by atoms with Gasteiger partial charge in [-0.05, 0) is 6.42 Å². The summed E-state index contributed by atoms with van der Waals surface area (Å²) in [4.78, 5) is 20.3. The molecule has 0 aliphatic rings. The van der Waals surface area contributed by atoms with E-state index in [1.165, 1.54) is 0 Å². The highest BCUT2D eigenvalue weighted by molar-refractivity contribution is 5.71. The number of carbonyl (C=O) groups is 2. The highest BCUT2D eigenvalue weighted by atomic mass is 16.4. The van der Waals surface area contributed by atoms with Crippen molar-refractivity contribution in [3.63, 3.8) is 0 Å². The lowest BCUT2D eigenvalue weighted by Gasteiger charge is -2.14. The van der Waals surface area contributed by atoms with Crippen LogP contribution in [0.2, 0.25) is 0 Å². The summed E-state index contributed by atoms with van der Waals surface area (Å²) < 4.78 is 0. The molecule has 0 saturated carbocycles. The zero-order valence-corrected chi connectivity index (χ0v) is 6.36. The molecule has 2 unspecified atom stereocenters. The van der Waals surface area contributed by atoms with Gasteiger partial charge in [-0.2, -0.15) is 0 Å². The molecule has 64 valence electrons. The number of aldehydes is 1. The van der Waals surface area contributed by atoms with Crippen LogP contribution >= 0.6 is 0 Å². The summed E-state index contributed by atoms with van der Waals surface area (Å²) in [5, 5.41) is 17.6. The van der Waals surface area contributed by atoms with E-state index in [1.54, 1.807) is 6.92 Å². The summed E-state index contributed by atoms with van der Waals surface area (Å²) in [6.45, 7) is 1.66. The van der Waals surface area contributed by atoms with Gasteiger partial charge < -0.3 is 15.0 Å². The maximum atomic E-state index is 10.4. The highest BCUT2D eigenvalue weighted by Crippen LogP contribution is 2.10. The smallest absolute Gasteiger partial charge is 0.309 e. The lowest BCUT2D eigenvalue weighted by Crippen LogP contribution is -2.27. The number of aliphatic hydroxyl groups is 1. The van der Waals surface area contributed by atoms with Crippen LogP contribution in [0.25, 0.3) is 0 Å². The summed E-state index contributed by atoms with van der Waals surface area (Å²) in [7, 11) is 0. The van der Waals surface area contributed by atoms with E-state index < -0.39 is 18.0 Å². The average molecular weight is 160 g/mol. The lowest BCUT2D eigenvalue weighted by atomic mass is 9.98. The number of hydrogen-bond acceptors (Lipinski definition) is 3. The SMILES string of the molecule is CCC(C(=O)O)C(O)CC=O. The van der Waals surface area contributed by atoms with Crippen LogP contribution in [0.5, 0.6) is 0 Å². The van der Waals surface area contributed by atoms with Crippen LogP contribution in [0.3, 0.4) is 0 Å². The molecule has 2 N–H and O–H groups in total. The molecular formula is C7H12O4. The molecule has 0 saturated heterocycles. The monoisotopic (exact) mass is 160 g/mol. The van der Waals surface area contributed by atoms with Crippen molar-refractivity contribution in [2.45, 2.75) is 25.9 Å². The van der Waals surface area contributed by atoms with E-state index in [4.69, 9.17) is 10.2 Å². The minimum atomic E-state index is -1.05. The number of carboxylic acid groups (broad SMARTS) is 1. The first-order valence-corrected chi connectivity index (χ1v) is 3.48. The summed E-state index contributed by atoms with van der Waals surface area (Å²) >= 11 is 0. The minimum Gasteiger partial charge on any atom is -0.481 e. The van der Waals surface area contributed by atoms with Crippen molar-refractivity contribution in [2.75, 3.05) is 0 Å². The molecule has 4 nitrogen and oxygen atoms in total. The van der Waals surface area contributed by atoms with Gasteiger partial charge in [0, 0.05) is 6.42 Å². The molecule has 4 heteroatoms. The third kappa shape index (κ3) is 3.13. The van der Waals surface area contributed by atoms with Gasteiger partial charge in [-0.15, -0.1) is 0 Å². The summed E-state index contributed by atoms with van der Waals surface area (Å²) in [5.74, 6) is -1.87. The van der Waals surface area contributed by atoms with E-state index in [2.05, 4.69) is 0 Å². The first kappa shape index (κ1) is 10.1. The molecule has 0 spiro atoms. The first-order chi connectivity index (χ1) is 5.13. The molecule has 0 aromatic carbocycles. The average Bonchev–Trinajstić information content (AvgIpc) is 1.88. The van der Waals surface area contributed by atoms with Crippen LogP contribution in [0, 0.1) is 5.92 Å².